The molecule has 0 aliphatic carbocycles. The van der Waals surface area contributed by atoms with Gasteiger partial charge in [0.05, 0.1) is 6.42 Å². The van der Waals surface area contributed by atoms with E-state index in [1.807, 2.05) is 12.1 Å². The fourth-order valence-electron chi connectivity index (χ4n) is 2.14. The van der Waals surface area contributed by atoms with Crippen molar-refractivity contribution in [1.29, 1.82) is 0 Å². The zero-order valence-corrected chi connectivity index (χ0v) is 8.36. The first-order valence-electron chi connectivity index (χ1n) is 4.91. The number of ether oxygens (including phenoxy) is 1. The molecule has 0 spiro atoms. The van der Waals surface area contributed by atoms with Gasteiger partial charge in [-0.1, -0.05) is 0 Å². The van der Waals surface area contributed by atoms with Gasteiger partial charge < -0.3 is 14.7 Å². The number of carbonyl (C=O) groups excluding carboxylic acids is 1. The predicted molar refractivity (Wildman–Crippen MR) is 54.0 cm³/mol. The Labute approximate surface area is 87.1 Å². The Balaban J connectivity index is 2.16. The average molecular weight is 205 g/mol. The number of anilines is 1. The van der Waals surface area contributed by atoms with Gasteiger partial charge in [0.25, 0.3) is 0 Å². The molecule has 1 amide bonds. The molecular weight excluding hydrogens is 194 g/mol. The van der Waals surface area contributed by atoms with Crippen molar-refractivity contribution in [1.82, 2.24) is 0 Å². The van der Waals surface area contributed by atoms with Crippen LogP contribution in [-0.4, -0.2) is 24.7 Å². The number of hydrogen-bond donors (Lipinski definition) is 1. The summed E-state index contributed by atoms with van der Waals surface area (Å²) >= 11 is 0. The van der Waals surface area contributed by atoms with Gasteiger partial charge in [0.1, 0.15) is 18.5 Å². The van der Waals surface area contributed by atoms with Gasteiger partial charge in [-0.05, 0) is 17.7 Å². The molecule has 1 unspecified atom stereocenters. The molecule has 4 heteroatoms. The number of likely N-dealkylation sites (N-methyl/N-ethyl adjacent to an activating group) is 1. The van der Waals surface area contributed by atoms with Crippen LogP contribution in [0.2, 0.25) is 0 Å². The molecular formula is C11H11NO3. The molecule has 2 aliphatic rings. The van der Waals surface area contributed by atoms with Gasteiger partial charge in [-0.2, -0.15) is 0 Å². The number of aliphatic hydroxyl groups is 1. The maximum Gasteiger partial charge on any atom is 0.231 e. The molecule has 0 radical (unpaired) electrons. The number of fused-ring (bicyclic) bond motifs is 2. The molecule has 0 bridgehead atoms. The number of benzene rings is 1. The van der Waals surface area contributed by atoms with Crippen LogP contribution in [0.5, 0.6) is 5.75 Å². The van der Waals surface area contributed by atoms with E-state index in [2.05, 4.69) is 0 Å². The van der Waals surface area contributed by atoms with Crippen molar-refractivity contribution in [3.63, 3.8) is 0 Å². The van der Waals surface area contributed by atoms with Crippen LogP contribution in [0.1, 0.15) is 17.2 Å². The summed E-state index contributed by atoms with van der Waals surface area (Å²) in [6.07, 6.45) is -0.132. The fraction of sp³-hybridized carbons (Fsp3) is 0.364. The second-order valence-electron chi connectivity index (χ2n) is 3.98. The van der Waals surface area contributed by atoms with E-state index in [1.54, 1.807) is 11.9 Å². The zero-order chi connectivity index (χ0) is 10.6. The van der Waals surface area contributed by atoms with Crippen molar-refractivity contribution < 1.29 is 14.6 Å². The number of rotatable bonds is 0. The van der Waals surface area contributed by atoms with E-state index < -0.39 is 6.10 Å². The standard InChI is InChI=1S/C11H11NO3/c1-12-8-4-7-9(13)5-15-10(7)2-6(8)3-11(12)14/h2,4,9,13H,3,5H2,1H3. The Kier molecular flexibility index (Phi) is 1.59. The van der Waals surface area contributed by atoms with Crippen LogP contribution in [0, 0.1) is 0 Å². The Bertz CT molecular complexity index is 455. The molecule has 0 saturated carbocycles. The zero-order valence-electron chi connectivity index (χ0n) is 8.36. The summed E-state index contributed by atoms with van der Waals surface area (Å²) in [5, 5.41) is 9.64. The molecule has 0 aromatic heterocycles. The van der Waals surface area contributed by atoms with Crippen LogP contribution < -0.4 is 9.64 Å². The molecule has 3 rings (SSSR count). The first-order valence-corrected chi connectivity index (χ1v) is 4.91. The highest BCUT2D eigenvalue weighted by Crippen LogP contribution is 2.40. The highest BCUT2D eigenvalue weighted by Gasteiger charge is 2.30. The molecule has 2 heterocycles. The van der Waals surface area contributed by atoms with Gasteiger partial charge in [0.2, 0.25) is 5.91 Å². The van der Waals surface area contributed by atoms with Crippen molar-refractivity contribution in [2.24, 2.45) is 0 Å². The Morgan fingerprint density at radius 1 is 1.53 bits per heavy atom. The highest BCUT2D eigenvalue weighted by atomic mass is 16.5. The van der Waals surface area contributed by atoms with Gasteiger partial charge in [0, 0.05) is 18.3 Å². The van der Waals surface area contributed by atoms with E-state index in [0.29, 0.717) is 18.8 Å². The summed E-state index contributed by atoms with van der Waals surface area (Å²) in [7, 11) is 1.75. The summed E-state index contributed by atoms with van der Waals surface area (Å²) in [5.74, 6) is 0.799. The SMILES string of the molecule is CN1C(=O)Cc2cc3c(cc21)C(O)CO3. The molecule has 1 N–H and O–H groups in total. The molecule has 2 aliphatic heterocycles. The third-order valence-electron chi connectivity index (χ3n) is 3.04. The second-order valence-corrected chi connectivity index (χ2v) is 3.98. The molecule has 0 fully saturated rings. The summed E-state index contributed by atoms with van der Waals surface area (Å²) < 4.78 is 5.33. The lowest BCUT2D eigenvalue weighted by Crippen LogP contribution is -2.20. The first kappa shape index (κ1) is 8.73. The van der Waals surface area contributed by atoms with Gasteiger partial charge in [-0.3, -0.25) is 4.79 Å². The minimum absolute atomic E-state index is 0.0863. The molecule has 1 aromatic carbocycles. The van der Waals surface area contributed by atoms with E-state index in [9.17, 15) is 9.90 Å². The van der Waals surface area contributed by atoms with Gasteiger partial charge in [-0.15, -0.1) is 0 Å². The Morgan fingerprint density at radius 3 is 3.13 bits per heavy atom. The third kappa shape index (κ3) is 1.08. The lowest BCUT2D eigenvalue weighted by molar-refractivity contribution is -0.117. The molecule has 78 valence electrons. The average Bonchev–Trinajstić information content (AvgIpc) is 2.69. The Morgan fingerprint density at radius 2 is 2.33 bits per heavy atom. The summed E-state index contributed by atoms with van der Waals surface area (Å²) in [4.78, 5) is 13.1. The van der Waals surface area contributed by atoms with Gasteiger partial charge in [-0.25, -0.2) is 0 Å². The smallest absolute Gasteiger partial charge is 0.231 e. The number of hydrogen-bond acceptors (Lipinski definition) is 3. The lowest BCUT2D eigenvalue weighted by Gasteiger charge is -2.11. The molecule has 4 nitrogen and oxygen atoms in total. The predicted octanol–water partition coefficient (Wildman–Crippen LogP) is 0.631. The van der Waals surface area contributed by atoms with E-state index >= 15 is 0 Å². The number of amides is 1. The summed E-state index contributed by atoms with van der Waals surface area (Å²) in [6.45, 7) is 0.315. The van der Waals surface area contributed by atoms with Crippen molar-refractivity contribution in [2.45, 2.75) is 12.5 Å². The topological polar surface area (TPSA) is 49.8 Å². The number of aliphatic hydroxyl groups excluding tert-OH is 1. The molecule has 1 atom stereocenters. The van der Waals surface area contributed by atoms with Crippen LogP contribution in [0.4, 0.5) is 5.69 Å². The lowest BCUT2D eigenvalue weighted by atomic mass is 10.1. The van der Waals surface area contributed by atoms with Crippen molar-refractivity contribution in [2.75, 3.05) is 18.6 Å². The van der Waals surface area contributed by atoms with Crippen LogP contribution in [-0.2, 0) is 11.2 Å². The highest BCUT2D eigenvalue weighted by molar-refractivity contribution is 6.01. The molecule has 0 saturated heterocycles. The van der Waals surface area contributed by atoms with Gasteiger partial charge in [0.15, 0.2) is 0 Å². The second kappa shape index (κ2) is 2.73. The Hall–Kier alpha value is -1.55. The van der Waals surface area contributed by atoms with Gasteiger partial charge >= 0.3 is 0 Å². The quantitative estimate of drug-likeness (QED) is 0.676. The van der Waals surface area contributed by atoms with Crippen LogP contribution in [0.15, 0.2) is 12.1 Å². The monoisotopic (exact) mass is 205 g/mol. The number of carbonyl (C=O) groups is 1. The molecule has 15 heavy (non-hydrogen) atoms. The number of nitrogens with zero attached hydrogens (tertiary/aromatic N) is 1. The van der Waals surface area contributed by atoms with Crippen molar-refractivity contribution >= 4 is 11.6 Å². The van der Waals surface area contributed by atoms with Crippen LogP contribution in [0.3, 0.4) is 0 Å². The van der Waals surface area contributed by atoms with E-state index in [4.69, 9.17) is 4.74 Å². The largest absolute Gasteiger partial charge is 0.490 e. The first-order chi connectivity index (χ1) is 7.16. The minimum atomic E-state index is -0.561. The molecule has 1 aromatic rings. The van der Waals surface area contributed by atoms with Crippen LogP contribution >= 0.6 is 0 Å². The minimum Gasteiger partial charge on any atom is -0.490 e. The van der Waals surface area contributed by atoms with Crippen molar-refractivity contribution in [3.8, 4) is 5.75 Å². The maximum atomic E-state index is 11.5. The normalized spacial score (nSPS) is 22.7. The summed E-state index contributed by atoms with van der Waals surface area (Å²) in [5.41, 5.74) is 2.66. The van der Waals surface area contributed by atoms with E-state index in [0.717, 1.165) is 16.8 Å². The fourth-order valence-corrected chi connectivity index (χ4v) is 2.14. The van der Waals surface area contributed by atoms with E-state index in [1.165, 1.54) is 0 Å². The maximum absolute atomic E-state index is 11.5. The third-order valence-corrected chi connectivity index (χ3v) is 3.04. The summed E-state index contributed by atoms with van der Waals surface area (Å²) in [6, 6.07) is 3.72. The van der Waals surface area contributed by atoms with Crippen LogP contribution in [0.25, 0.3) is 0 Å². The van der Waals surface area contributed by atoms with E-state index in [-0.39, 0.29) is 5.91 Å². The van der Waals surface area contributed by atoms with Crippen molar-refractivity contribution in [3.05, 3.63) is 23.3 Å².